The van der Waals surface area contributed by atoms with Crippen molar-refractivity contribution in [2.24, 2.45) is 5.92 Å². The summed E-state index contributed by atoms with van der Waals surface area (Å²) in [6, 6.07) is 16.3. The Balaban J connectivity index is 1.61. The number of hydrogen-bond donors (Lipinski definition) is 0. The standard InChI is InChI=1S/C23H24N2O4/c1-15-8-10-17(11-9-15)22(27)24-13-18-12-19(23(28)29-2)21(25(18)20(26)14-24)16-6-4-3-5-7-16/h3-11,18-19,21H,12-14H2,1-2H3/t18-,19-,21-/m0/s1. The summed E-state index contributed by atoms with van der Waals surface area (Å²) in [6.45, 7) is 2.39. The predicted molar refractivity (Wildman–Crippen MR) is 107 cm³/mol. The molecule has 2 fully saturated rings. The van der Waals surface area contributed by atoms with Crippen LogP contribution in [0, 0.1) is 12.8 Å². The molecule has 0 spiro atoms. The van der Waals surface area contributed by atoms with E-state index in [4.69, 9.17) is 4.74 Å². The number of fused-ring (bicyclic) bond motifs is 1. The number of carbonyl (C=O) groups is 3. The number of hydrogen-bond acceptors (Lipinski definition) is 4. The fourth-order valence-corrected chi connectivity index (χ4v) is 4.49. The van der Waals surface area contributed by atoms with Gasteiger partial charge in [-0.15, -0.1) is 0 Å². The van der Waals surface area contributed by atoms with Crippen molar-refractivity contribution in [3.63, 3.8) is 0 Å². The topological polar surface area (TPSA) is 66.9 Å². The molecule has 4 rings (SSSR count). The summed E-state index contributed by atoms with van der Waals surface area (Å²) in [5.41, 5.74) is 2.56. The molecule has 0 radical (unpaired) electrons. The zero-order chi connectivity index (χ0) is 20.5. The van der Waals surface area contributed by atoms with E-state index < -0.39 is 5.92 Å². The average molecular weight is 392 g/mol. The average Bonchev–Trinajstić information content (AvgIpc) is 3.14. The lowest BCUT2D eigenvalue weighted by Gasteiger charge is -2.40. The molecule has 29 heavy (non-hydrogen) atoms. The van der Waals surface area contributed by atoms with Crippen LogP contribution in [0.4, 0.5) is 0 Å². The fraction of sp³-hybridized carbons (Fsp3) is 0.348. The first-order valence-corrected chi connectivity index (χ1v) is 9.79. The molecular formula is C23H24N2O4. The van der Waals surface area contributed by atoms with Crippen molar-refractivity contribution in [1.82, 2.24) is 9.80 Å². The number of benzene rings is 2. The van der Waals surface area contributed by atoms with E-state index >= 15 is 0 Å². The molecule has 2 aliphatic heterocycles. The molecule has 2 amide bonds. The van der Waals surface area contributed by atoms with E-state index in [1.807, 2.05) is 49.4 Å². The Labute approximate surface area is 170 Å². The maximum atomic E-state index is 13.1. The van der Waals surface area contributed by atoms with Crippen LogP contribution in [0.25, 0.3) is 0 Å². The molecule has 2 aromatic rings. The first kappa shape index (κ1) is 19.2. The number of esters is 1. The van der Waals surface area contributed by atoms with Gasteiger partial charge in [0.1, 0.15) is 6.54 Å². The van der Waals surface area contributed by atoms with Gasteiger partial charge in [0.25, 0.3) is 5.91 Å². The molecule has 0 unspecified atom stereocenters. The van der Waals surface area contributed by atoms with Crippen molar-refractivity contribution in [3.8, 4) is 0 Å². The Hall–Kier alpha value is -3.15. The van der Waals surface area contributed by atoms with Crippen LogP contribution in [0.3, 0.4) is 0 Å². The van der Waals surface area contributed by atoms with Gasteiger partial charge in [-0.1, -0.05) is 48.0 Å². The first-order chi connectivity index (χ1) is 14.0. The normalized spacial score (nSPS) is 23.7. The van der Waals surface area contributed by atoms with Crippen LogP contribution >= 0.6 is 0 Å². The molecule has 2 aliphatic rings. The van der Waals surface area contributed by atoms with Crippen molar-refractivity contribution in [2.45, 2.75) is 25.4 Å². The Morgan fingerprint density at radius 3 is 2.38 bits per heavy atom. The lowest BCUT2D eigenvalue weighted by molar-refractivity contribution is -0.147. The predicted octanol–water partition coefficient (Wildman–Crippen LogP) is 2.58. The SMILES string of the molecule is COC(=O)[C@H]1C[C@H]2CN(C(=O)c3ccc(C)cc3)CC(=O)N2[C@H]1c1ccccc1. The molecule has 150 valence electrons. The van der Waals surface area contributed by atoms with E-state index in [9.17, 15) is 14.4 Å². The van der Waals surface area contributed by atoms with Crippen molar-refractivity contribution in [1.29, 1.82) is 0 Å². The minimum Gasteiger partial charge on any atom is -0.469 e. The minimum atomic E-state index is -0.439. The maximum absolute atomic E-state index is 13.1. The Morgan fingerprint density at radius 1 is 1.03 bits per heavy atom. The third kappa shape index (κ3) is 3.50. The third-order valence-electron chi connectivity index (χ3n) is 5.88. The van der Waals surface area contributed by atoms with E-state index in [1.165, 1.54) is 7.11 Å². The smallest absolute Gasteiger partial charge is 0.311 e. The third-order valence-corrected chi connectivity index (χ3v) is 5.88. The molecule has 2 aromatic carbocycles. The molecule has 0 N–H and O–H groups in total. The lowest BCUT2D eigenvalue weighted by Crippen LogP contribution is -2.55. The monoisotopic (exact) mass is 392 g/mol. The van der Waals surface area contributed by atoms with Crippen molar-refractivity contribution >= 4 is 17.8 Å². The number of aryl methyl sites for hydroxylation is 1. The zero-order valence-corrected chi connectivity index (χ0v) is 16.6. The maximum Gasteiger partial charge on any atom is 0.311 e. The molecule has 0 saturated carbocycles. The first-order valence-electron chi connectivity index (χ1n) is 9.79. The lowest BCUT2D eigenvalue weighted by atomic mass is 9.93. The van der Waals surface area contributed by atoms with Crippen LogP contribution < -0.4 is 0 Å². The molecule has 0 aromatic heterocycles. The van der Waals surface area contributed by atoms with Gasteiger partial charge in [0.05, 0.1) is 25.1 Å². The summed E-state index contributed by atoms with van der Waals surface area (Å²) >= 11 is 0. The van der Waals surface area contributed by atoms with Crippen LogP contribution in [0.2, 0.25) is 0 Å². The molecule has 0 bridgehead atoms. The highest BCUT2D eigenvalue weighted by atomic mass is 16.5. The molecule has 6 heteroatoms. The molecule has 6 nitrogen and oxygen atoms in total. The number of amides is 2. The fourth-order valence-electron chi connectivity index (χ4n) is 4.49. The summed E-state index contributed by atoms with van der Waals surface area (Å²) in [7, 11) is 1.37. The Kier molecular flexibility index (Phi) is 5.09. The van der Waals surface area contributed by atoms with Gasteiger partial charge in [-0.25, -0.2) is 0 Å². The molecular weight excluding hydrogens is 368 g/mol. The number of nitrogens with zero attached hydrogens (tertiary/aromatic N) is 2. The van der Waals surface area contributed by atoms with Crippen LogP contribution in [0.1, 0.15) is 33.9 Å². The van der Waals surface area contributed by atoms with Crippen molar-refractivity contribution < 1.29 is 19.1 Å². The second kappa shape index (κ2) is 7.70. The number of ether oxygens (including phenoxy) is 1. The number of rotatable bonds is 3. The summed E-state index contributed by atoms with van der Waals surface area (Å²) in [5, 5.41) is 0. The van der Waals surface area contributed by atoms with Crippen LogP contribution in [0.15, 0.2) is 54.6 Å². The largest absolute Gasteiger partial charge is 0.469 e. The van der Waals surface area contributed by atoms with Crippen molar-refractivity contribution in [3.05, 3.63) is 71.3 Å². The van der Waals surface area contributed by atoms with Gasteiger partial charge in [-0.3, -0.25) is 14.4 Å². The minimum absolute atomic E-state index is 0.0143. The second-order valence-corrected chi connectivity index (χ2v) is 7.73. The Morgan fingerprint density at radius 2 is 1.72 bits per heavy atom. The summed E-state index contributed by atoms with van der Waals surface area (Å²) in [6.07, 6.45) is 0.482. The van der Waals surface area contributed by atoms with Crippen LogP contribution in [-0.2, 0) is 14.3 Å². The van der Waals surface area contributed by atoms with Gasteiger partial charge in [0.2, 0.25) is 5.91 Å². The summed E-state index contributed by atoms with van der Waals surface area (Å²) in [5.74, 6) is -1.05. The quantitative estimate of drug-likeness (QED) is 0.753. The van der Waals surface area contributed by atoms with Gasteiger partial charge >= 0.3 is 5.97 Å². The van der Waals surface area contributed by atoms with Crippen molar-refractivity contribution in [2.75, 3.05) is 20.2 Å². The number of methoxy groups -OCH3 is 1. The van der Waals surface area contributed by atoms with Crippen LogP contribution in [0.5, 0.6) is 0 Å². The van der Waals surface area contributed by atoms with Gasteiger partial charge in [0, 0.05) is 12.1 Å². The highest BCUT2D eigenvalue weighted by Crippen LogP contribution is 2.43. The van der Waals surface area contributed by atoms with Gasteiger partial charge in [0.15, 0.2) is 0 Å². The summed E-state index contributed by atoms with van der Waals surface area (Å²) in [4.78, 5) is 41.9. The van der Waals surface area contributed by atoms with E-state index in [0.29, 0.717) is 18.5 Å². The number of piperazine rings is 1. The summed E-state index contributed by atoms with van der Waals surface area (Å²) < 4.78 is 5.02. The zero-order valence-electron chi connectivity index (χ0n) is 16.6. The van der Waals surface area contributed by atoms with E-state index in [2.05, 4.69) is 0 Å². The Bertz CT molecular complexity index is 926. The number of carbonyl (C=O) groups excluding carboxylic acids is 3. The molecule has 3 atom stereocenters. The van der Waals surface area contributed by atoms with Gasteiger partial charge < -0.3 is 14.5 Å². The van der Waals surface area contributed by atoms with Crippen LogP contribution in [-0.4, -0.2) is 53.8 Å². The molecule has 0 aliphatic carbocycles. The highest BCUT2D eigenvalue weighted by Gasteiger charge is 2.51. The van der Waals surface area contributed by atoms with Gasteiger partial charge in [-0.2, -0.15) is 0 Å². The molecule has 2 heterocycles. The molecule has 2 saturated heterocycles. The second-order valence-electron chi connectivity index (χ2n) is 7.73. The van der Waals surface area contributed by atoms with E-state index in [-0.39, 0.29) is 36.4 Å². The van der Waals surface area contributed by atoms with Gasteiger partial charge in [-0.05, 0) is 31.0 Å². The van der Waals surface area contributed by atoms with E-state index in [0.717, 1.165) is 11.1 Å². The van der Waals surface area contributed by atoms with E-state index in [1.54, 1.807) is 21.9 Å². The highest BCUT2D eigenvalue weighted by molar-refractivity contribution is 5.97.